The summed E-state index contributed by atoms with van der Waals surface area (Å²) in [6, 6.07) is 0.615. The molecule has 0 radical (unpaired) electrons. The van der Waals surface area contributed by atoms with Crippen LogP contribution in [-0.2, 0) is 0 Å². The molecule has 5 aliphatic rings. The van der Waals surface area contributed by atoms with Gasteiger partial charge in [0.15, 0.2) is 0 Å². The average Bonchev–Trinajstić information content (AvgIpc) is 2.34. The number of hydrogen-bond donors (Lipinski definition) is 1. The molecule has 54 valence electrons. The van der Waals surface area contributed by atoms with E-state index in [1.807, 2.05) is 0 Å². The monoisotopic (exact) mass is 135 g/mol. The first-order valence-electron chi connectivity index (χ1n) is 4.63. The molecule has 0 aromatic rings. The second kappa shape index (κ2) is 1.08. The largest absolute Gasteiger partial charge is 0.327 e. The van der Waals surface area contributed by atoms with Crippen molar-refractivity contribution >= 4 is 0 Å². The summed E-state index contributed by atoms with van der Waals surface area (Å²) in [6.45, 7) is 0. The summed E-state index contributed by atoms with van der Waals surface area (Å²) in [7, 11) is 0. The fourth-order valence-electron chi connectivity index (χ4n) is 4.80. The van der Waals surface area contributed by atoms with Crippen LogP contribution in [0.3, 0.4) is 0 Å². The van der Waals surface area contributed by atoms with Crippen molar-refractivity contribution in [3.05, 3.63) is 0 Å². The van der Waals surface area contributed by atoms with E-state index in [1.54, 1.807) is 6.42 Å². The van der Waals surface area contributed by atoms with Gasteiger partial charge in [-0.25, -0.2) is 0 Å². The van der Waals surface area contributed by atoms with Gasteiger partial charge < -0.3 is 5.73 Å². The Bertz CT molecular complexity index is 213. The zero-order valence-electron chi connectivity index (χ0n) is 6.03. The lowest BCUT2D eigenvalue weighted by Gasteiger charge is -2.15. The van der Waals surface area contributed by atoms with Gasteiger partial charge in [-0.05, 0) is 48.3 Å². The third-order valence-corrected chi connectivity index (χ3v) is 4.86. The van der Waals surface area contributed by atoms with E-state index >= 15 is 0 Å². The molecule has 1 heteroatoms. The van der Waals surface area contributed by atoms with Gasteiger partial charge in [-0.3, -0.25) is 0 Å². The molecule has 0 spiro atoms. The first-order chi connectivity index (χ1) is 4.88. The highest BCUT2D eigenvalue weighted by Crippen LogP contribution is 2.80. The number of nitrogens with two attached hydrogens (primary N) is 1. The summed E-state index contributed by atoms with van der Waals surface area (Å²) in [6.07, 6.45) is 2.95. The van der Waals surface area contributed by atoms with E-state index in [1.165, 1.54) is 18.3 Å². The molecular weight excluding hydrogens is 122 g/mol. The fraction of sp³-hybridized carbons (Fsp3) is 1.00. The second-order valence-corrected chi connectivity index (χ2v) is 4.86. The van der Waals surface area contributed by atoms with Crippen LogP contribution in [0.4, 0.5) is 0 Å². The first kappa shape index (κ1) is 4.76. The van der Waals surface area contributed by atoms with Crippen molar-refractivity contribution in [2.24, 2.45) is 41.2 Å². The summed E-state index contributed by atoms with van der Waals surface area (Å²) in [5.74, 6) is 6.71. The van der Waals surface area contributed by atoms with Gasteiger partial charge in [-0.2, -0.15) is 0 Å². The maximum absolute atomic E-state index is 6.05. The van der Waals surface area contributed by atoms with Crippen molar-refractivity contribution in [2.45, 2.75) is 18.9 Å². The second-order valence-electron chi connectivity index (χ2n) is 4.86. The van der Waals surface area contributed by atoms with Crippen LogP contribution in [0.5, 0.6) is 0 Å². The van der Waals surface area contributed by atoms with E-state index in [-0.39, 0.29) is 0 Å². The Morgan fingerprint density at radius 1 is 0.800 bits per heavy atom. The molecule has 5 saturated carbocycles. The minimum Gasteiger partial charge on any atom is -0.327 e. The molecule has 7 atom stereocenters. The highest BCUT2D eigenvalue weighted by atomic mass is 14.9. The lowest BCUT2D eigenvalue weighted by molar-refractivity contribution is 0.392. The SMILES string of the molecule is NC1C[C@H]2[C@@H]3C[C@@H]4[C@H]2[C@@H]4[C@H]13. The van der Waals surface area contributed by atoms with Crippen LogP contribution in [0.15, 0.2) is 0 Å². The summed E-state index contributed by atoms with van der Waals surface area (Å²) >= 11 is 0. The molecule has 0 aliphatic heterocycles. The Hall–Kier alpha value is -0.0400. The van der Waals surface area contributed by atoms with Gasteiger partial charge in [-0.1, -0.05) is 0 Å². The highest BCUT2D eigenvalue weighted by Gasteiger charge is 2.77. The Balaban J connectivity index is 1.93. The van der Waals surface area contributed by atoms with Gasteiger partial charge in [0.05, 0.1) is 0 Å². The smallest absolute Gasteiger partial charge is 0.00756 e. The predicted molar refractivity (Wildman–Crippen MR) is 38.1 cm³/mol. The third-order valence-electron chi connectivity index (χ3n) is 4.86. The Kier molecular flexibility index (Phi) is 0.513. The zero-order valence-corrected chi connectivity index (χ0v) is 6.03. The lowest BCUT2D eigenvalue weighted by Crippen LogP contribution is -2.28. The van der Waals surface area contributed by atoms with E-state index in [0.29, 0.717) is 6.04 Å². The van der Waals surface area contributed by atoms with Gasteiger partial charge in [0.25, 0.3) is 0 Å². The van der Waals surface area contributed by atoms with E-state index in [9.17, 15) is 0 Å². The molecule has 0 aromatic carbocycles. The molecule has 0 heterocycles. The van der Waals surface area contributed by atoms with Gasteiger partial charge in [-0.15, -0.1) is 0 Å². The van der Waals surface area contributed by atoms with Crippen LogP contribution in [0.1, 0.15) is 12.8 Å². The molecule has 1 nitrogen and oxygen atoms in total. The molecule has 6 bridgehead atoms. The average molecular weight is 135 g/mol. The zero-order chi connectivity index (χ0) is 6.46. The van der Waals surface area contributed by atoms with Crippen LogP contribution in [-0.4, -0.2) is 6.04 Å². The van der Waals surface area contributed by atoms with Crippen LogP contribution < -0.4 is 5.73 Å². The third kappa shape index (κ3) is 0.268. The summed E-state index contributed by atoms with van der Waals surface area (Å²) < 4.78 is 0. The summed E-state index contributed by atoms with van der Waals surface area (Å²) in [5, 5.41) is 0. The molecule has 10 heavy (non-hydrogen) atoms. The van der Waals surface area contributed by atoms with Crippen molar-refractivity contribution in [3.63, 3.8) is 0 Å². The summed E-state index contributed by atoms with van der Waals surface area (Å²) in [5.41, 5.74) is 6.05. The molecule has 5 rings (SSSR count). The minimum absolute atomic E-state index is 0.615. The summed E-state index contributed by atoms with van der Waals surface area (Å²) in [4.78, 5) is 0. The molecule has 5 aliphatic carbocycles. The van der Waals surface area contributed by atoms with Gasteiger partial charge in [0, 0.05) is 6.04 Å². The number of hydrogen-bond acceptors (Lipinski definition) is 1. The van der Waals surface area contributed by atoms with E-state index < -0.39 is 0 Å². The quantitative estimate of drug-likeness (QED) is 0.523. The van der Waals surface area contributed by atoms with Gasteiger partial charge in [0.1, 0.15) is 0 Å². The molecule has 0 amide bonds. The molecule has 0 saturated heterocycles. The molecule has 0 aromatic heterocycles. The Morgan fingerprint density at radius 2 is 1.60 bits per heavy atom. The Labute approximate surface area is 61.0 Å². The van der Waals surface area contributed by atoms with Crippen molar-refractivity contribution in [1.29, 1.82) is 0 Å². The normalized spacial score (nSPS) is 80.7. The lowest BCUT2D eigenvalue weighted by atomic mass is 9.96. The van der Waals surface area contributed by atoms with Gasteiger partial charge >= 0.3 is 0 Å². The van der Waals surface area contributed by atoms with Crippen LogP contribution in [0, 0.1) is 35.5 Å². The van der Waals surface area contributed by atoms with Crippen molar-refractivity contribution in [3.8, 4) is 0 Å². The molecular formula is C9H13N. The van der Waals surface area contributed by atoms with Crippen LogP contribution in [0.25, 0.3) is 0 Å². The predicted octanol–water partition coefficient (Wildman–Crippen LogP) is 0.845. The Morgan fingerprint density at radius 3 is 2.10 bits per heavy atom. The van der Waals surface area contributed by atoms with E-state index in [0.717, 1.165) is 23.7 Å². The van der Waals surface area contributed by atoms with Crippen LogP contribution >= 0.6 is 0 Å². The topological polar surface area (TPSA) is 26.0 Å². The van der Waals surface area contributed by atoms with Crippen molar-refractivity contribution < 1.29 is 0 Å². The van der Waals surface area contributed by atoms with Crippen LogP contribution in [0.2, 0.25) is 0 Å². The highest BCUT2D eigenvalue weighted by molar-refractivity contribution is 5.25. The first-order valence-corrected chi connectivity index (χ1v) is 4.63. The minimum atomic E-state index is 0.615. The van der Waals surface area contributed by atoms with Crippen molar-refractivity contribution in [1.82, 2.24) is 0 Å². The molecule has 2 N–H and O–H groups in total. The molecule has 5 fully saturated rings. The van der Waals surface area contributed by atoms with Gasteiger partial charge in [0.2, 0.25) is 0 Å². The molecule has 1 unspecified atom stereocenters. The van der Waals surface area contributed by atoms with Crippen molar-refractivity contribution in [2.75, 3.05) is 0 Å². The standard InChI is InChI=1S/C9H13N/c10-6-2-4-3-1-5-7(4)9(5)8(3)6/h3-9H,1-2,10H2/t3-,4-,5+,6?,7-,8-,9+/m0/s1. The number of rotatable bonds is 0. The van der Waals surface area contributed by atoms with E-state index in [2.05, 4.69) is 0 Å². The fourth-order valence-corrected chi connectivity index (χ4v) is 4.80. The maximum atomic E-state index is 6.05. The van der Waals surface area contributed by atoms with E-state index in [4.69, 9.17) is 5.73 Å². The maximum Gasteiger partial charge on any atom is 0.00756 e.